The van der Waals surface area contributed by atoms with E-state index in [0.717, 1.165) is 31.1 Å². The first-order chi connectivity index (χ1) is 9.81. The fourth-order valence-electron chi connectivity index (χ4n) is 2.57. The molecule has 1 aliphatic heterocycles. The molecule has 0 saturated carbocycles. The topological polar surface area (TPSA) is 33.7 Å². The largest absolute Gasteiger partial charge is 0.490 e. The maximum absolute atomic E-state index is 5.87. The Labute approximate surface area is 122 Å². The molecule has 2 rings (SSSR count). The average molecular weight is 278 g/mol. The minimum Gasteiger partial charge on any atom is -0.490 e. The molecule has 4 heteroatoms. The number of hydrogen-bond donors (Lipinski definition) is 1. The third-order valence-electron chi connectivity index (χ3n) is 3.78. The van der Waals surface area contributed by atoms with Crippen molar-refractivity contribution in [1.82, 2.24) is 10.2 Å². The van der Waals surface area contributed by atoms with E-state index in [-0.39, 0.29) is 0 Å². The summed E-state index contributed by atoms with van der Waals surface area (Å²) in [6.07, 6.45) is 2.46. The molecule has 0 bridgehead atoms. The highest BCUT2D eigenvalue weighted by atomic mass is 16.5. The lowest BCUT2D eigenvalue weighted by atomic mass is 10.1. The summed E-state index contributed by atoms with van der Waals surface area (Å²) in [5.74, 6) is 1.67. The predicted molar refractivity (Wildman–Crippen MR) is 81.6 cm³/mol. The maximum atomic E-state index is 5.87. The summed E-state index contributed by atoms with van der Waals surface area (Å²) in [7, 11) is 2.19. The van der Waals surface area contributed by atoms with Gasteiger partial charge in [0.25, 0.3) is 0 Å². The Morgan fingerprint density at radius 2 is 1.80 bits per heavy atom. The molecular formula is C16H26N2O2. The molecule has 0 unspecified atom stereocenters. The average Bonchev–Trinajstić information content (AvgIpc) is 2.50. The number of piperidine rings is 1. The van der Waals surface area contributed by atoms with Crippen LogP contribution in [0, 0.1) is 0 Å². The van der Waals surface area contributed by atoms with Crippen LogP contribution < -0.4 is 14.8 Å². The van der Waals surface area contributed by atoms with E-state index in [9.17, 15) is 0 Å². The zero-order valence-corrected chi connectivity index (χ0v) is 12.6. The lowest BCUT2D eigenvalue weighted by molar-refractivity contribution is 0.162. The van der Waals surface area contributed by atoms with Gasteiger partial charge in [-0.15, -0.1) is 0 Å². The highest BCUT2D eigenvalue weighted by molar-refractivity contribution is 5.39. The van der Waals surface area contributed by atoms with E-state index in [1.165, 1.54) is 12.8 Å². The SMILES string of the molecule is CCOc1ccccc1OCCN(C)C1CCNCC1. The van der Waals surface area contributed by atoms with Crippen LogP contribution in [0.3, 0.4) is 0 Å². The van der Waals surface area contributed by atoms with Crippen molar-refractivity contribution >= 4 is 0 Å². The van der Waals surface area contributed by atoms with Gasteiger partial charge in [-0.05, 0) is 52.0 Å². The van der Waals surface area contributed by atoms with E-state index in [0.29, 0.717) is 19.3 Å². The Kier molecular flexibility index (Phi) is 6.15. The zero-order valence-electron chi connectivity index (χ0n) is 12.6. The highest BCUT2D eigenvalue weighted by Crippen LogP contribution is 2.26. The minimum absolute atomic E-state index is 0.662. The number of para-hydroxylation sites is 2. The van der Waals surface area contributed by atoms with Crippen LogP contribution in [0.4, 0.5) is 0 Å². The minimum atomic E-state index is 0.662. The molecule has 20 heavy (non-hydrogen) atoms. The van der Waals surface area contributed by atoms with Crippen molar-refractivity contribution in [2.24, 2.45) is 0 Å². The van der Waals surface area contributed by atoms with Crippen molar-refractivity contribution < 1.29 is 9.47 Å². The number of nitrogens with zero attached hydrogens (tertiary/aromatic N) is 1. The number of ether oxygens (including phenoxy) is 2. The van der Waals surface area contributed by atoms with Crippen LogP contribution in [0.15, 0.2) is 24.3 Å². The molecule has 1 heterocycles. The Bertz CT molecular complexity index is 392. The Balaban J connectivity index is 1.77. The molecule has 1 fully saturated rings. The third kappa shape index (κ3) is 4.39. The van der Waals surface area contributed by atoms with Gasteiger partial charge in [-0.25, -0.2) is 0 Å². The molecule has 0 amide bonds. The lowest BCUT2D eigenvalue weighted by Gasteiger charge is -2.31. The van der Waals surface area contributed by atoms with Gasteiger partial charge in [0.1, 0.15) is 6.61 Å². The van der Waals surface area contributed by atoms with E-state index >= 15 is 0 Å². The molecule has 0 aliphatic carbocycles. The molecular weight excluding hydrogens is 252 g/mol. The molecule has 1 aromatic carbocycles. The Morgan fingerprint density at radius 3 is 2.45 bits per heavy atom. The molecule has 1 aliphatic rings. The first-order valence-electron chi connectivity index (χ1n) is 7.57. The summed E-state index contributed by atoms with van der Waals surface area (Å²) in [6.45, 7) is 6.55. The number of rotatable bonds is 7. The van der Waals surface area contributed by atoms with E-state index in [1.807, 2.05) is 31.2 Å². The van der Waals surface area contributed by atoms with Gasteiger partial charge in [-0.3, -0.25) is 4.90 Å². The fraction of sp³-hybridized carbons (Fsp3) is 0.625. The van der Waals surface area contributed by atoms with Gasteiger partial charge >= 0.3 is 0 Å². The van der Waals surface area contributed by atoms with E-state index in [4.69, 9.17) is 9.47 Å². The number of nitrogens with one attached hydrogen (secondary N) is 1. The van der Waals surface area contributed by atoms with Gasteiger partial charge in [0.05, 0.1) is 6.61 Å². The third-order valence-corrected chi connectivity index (χ3v) is 3.78. The smallest absolute Gasteiger partial charge is 0.161 e. The van der Waals surface area contributed by atoms with Gasteiger partial charge in [-0.1, -0.05) is 12.1 Å². The normalized spacial score (nSPS) is 16.4. The molecule has 0 atom stereocenters. The molecule has 1 aromatic rings. The Morgan fingerprint density at radius 1 is 1.15 bits per heavy atom. The van der Waals surface area contributed by atoms with Crippen LogP contribution in [0.25, 0.3) is 0 Å². The quantitative estimate of drug-likeness (QED) is 0.828. The molecule has 4 nitrogen and oxygen atoms in total. The van der Waals surface area contributed by atoms with Crippen molar-refractivity contribution in [2.75, 3.05) is 39.9 Å². The highest BCUT2D eigenvalue weighted by Gasteiger charge is 2.17. The van der Waals surface area contributed by atoms with Gasteiger partial charge in [0, 0.05) is 12.6 Å². The first kappa shape index (κ1) is 15.1. The van der Waals surface area contributed by atoms with Crippen molar-refractivity contribution in [3.63, 3.8) is 0 Å². The summed E-state index contributed by atoms with van der Waals surface area (Å²) >= 11 is 0. The second-order valence-electron chi connectivity index (χ2n) is 5.19. The van der Waals surface area contributed by atoms with Crippen LogP contribution in [-0.2, 0) is 0 Å². The summed E-state index contributed by atoms with van der Waals surface area (Å²) < 4.78 is 11.4. The monoisotopic (exact) mass is 278 g/mol. The van der Waals surface area contributed by atoms with Crippen molar-refractivity contribution in [3.8, 4) is 11.5 Å². The fourth-order valence-corrected chi connectivity index (χ4v) is 2.57. The molecule has 0 radical (unpaired) electrons. The van der Waals surface area contributed by atoms with E-state index in [2.05, 4.69) is 17.3 Å². The van der Waals surface area contributed by atoms with Gasteiger partial charge in [0.2, 0.25) is 0 Å². The van der Waals surface area contributed by atoms with Crippen LogP contribution >= 0.6 is 0 Å². The number of hydrogen-bond acceptors (Lipinski definition) is 4. The first-order valence-corrected chi connectivity index (χ1v) is 7.57. The summed E-state index contributed by atoms with van der Waals surface area (Å²) in [5, 5.41) is 3.40. The molecule has 1 saturated heterocycles. The predicted octanol–water partition coefficient (Wildman–Crippen LogP) is 2.15. The Hall–Kier alpha value is -1.26. The van der Waals surface area contributed by atoms with Gasteiger partial charge < -0.3 is 14.8 Å². The lowest BCUT2D eigenvalue weighted by Crippen LogP contribution is -2.42. The van der Waals surface area contributed by atoms with Gasteiger partial charge in [0.15, 0.2) is 11.5 Å². The van der Waals surface area contributed by atoms with Gasteiger partial charge in [-0.2, -0.15) is 0 Å². The van der Waals surface area contributed by atoms with Crippen LogP contribution in [0.1, 0.15) is 19.8 Å². The molecule has 112 valence electrons. The van der Waals surface area contributed by atoms with E-state index in [1.54, 1.807) is 0 Å². The standard InChI is InChI=1S/C16H26N2O2/c1-3-19-15-6-4-5-7-16(15)20-13-12-18(2)14-8-10-17-11-9-14/h4-7,14,17H,3,8-13H2,1-2H3. The van der Waals surface area contributed by atoms with Crippen molar-refractivity contribution in [2.45, 2.75) is 25.8 Å². The van der Waals surface area contributed by atoms with Crippen LogP contribution in [0.2, 0.25) is 0 Å². The van der Waals surface area contributed by atoms with Crippen LogP contribution in [-0.4, -0.2) is 50.8 Å². The molecule has 1 N–H and O–H groups in total. The van der Waals surface area contributed by atoms with Crippen LogP contribution in [0.5, 0.6) is 11.5 Å². The number of benzene rings is 1. The molecule has 0 spiro atoms. The second-order valence-corrected chi connectivity index (χ2v) is 5.19. The number of likely N-dealkylation sites (N-methyl/N-ethyl adjacent to an activating group) is 1. The summed E-state index contributed by atoms with van der Waals surface area (Å²) in [4.78, 5) is 2.41. The second kappa shape index (κ2) is 8.12. The van der Waals surface area contributed by atoms with E-state index < -0.39 is 0 Å². The summed E-state index contributed by atoms with van der Waals surface area (Å²) in [5.41, 5.74) is 0. The van der Waals surface area contributed by atoms with Crippen molar-refractivity contribution in [1.29, 1.82) is 0 Å². The van der Waals surface area contributed by atoms with Crippen molar-refractivity contribution in [3.05, 3.63) is 24.3 Å². The maximum Gasteiger partial charge on any atom is 0.161 e. The summed E-state index contributed by atoms with van der Waals surface area (Å²) in [6, 6.07) is 8.56. The molecule has 0 aromatic heterocycles. The zero-order chi connectivity index (χ0) is 14.2.